The van der Waals surface area contributed by atoms with Crippen LogP contribution in [0.4, 0.5) is 0 Å². The molecule has 0 spiro atoms. The lowest BCUT2D eigenvalue weighted by Gasteiger charge is -2.15. The molecule has 1 aromatic carbocycles. The Morgan fingerprint density at radius 3 is 2.53 bits per heavy atom. The highest BCUT2D eigenvalue weighted by molar-refractivity contribution is 6.42. The van der Waals surface area contributed by atoms with Crippen molar-refractivity contribution in [1.29, 1.82) is 0 Å². The van der Waals surface area contributed by atoms with E-state index < -0.39 is 0 Å². The number of hydrogen-bond donors (Lipinski definition) is 1. The van der Waals surface area contributed by atoms with Crippen LogP contribution in [0.5, 0.6) is 0 Å². The second kappa shape index (κ2) is 4.30. The van der Waals surface area contributed by atoms with Gasteiger partial charge in [0.05, 0.1) is 10.0 Å². The van der Waals surface area contributed by atoms with Crippen molar-refractivity contribution in [1.82, 2.24) is 4.90 Å². The topological polar surface area (TPSA) is 29.3 Å². The third kappa shape index (κ3) is 2.28. The lowest BCUT2D eigenvalue weighted by atomic mass is 9.95. The van der Waals surface area contributed by atoms with E-state index in [2.05, 4.69) is 11.9 Å². The molecular weight excluding hydrogens is 231 g/mol. The predicted octanol–water partition coefficient (Wildman–Crippen LogP) is 2.35. The Labute approximate surface area is 100.0 Å². The molecule has 1 aromatic rings. The zero-order valence-electron chi connectivity index (χ0n) is 8.58. The standard InChI is InChI=1S/C11H14Cl2N2/c1-15-5-8(11(14)6-15)7-2-3-9(12)10(13)4-7/h2-4,8,11H,5-6,14H2,1H3/t8-,11-/m0/s1. The van der Waals surface area contributed by atoms with E-state index in [-0.39, 0.29) is 6.04 Å². The fourth-order valence-electron chi connectivity index (χ4n) is 2.13. The number of halogens is 2. The first-order valence-corrected chi connectivity index (χ1v) is 5.72. The Hall–Kier alpha value is -0.280. The van der Waals surface area contributed by atoms with E-state index in [1.165, 1.54) is 5.56 Å². The van der Waals surface area contributed by atoms with Crippen LogP contribution in [0.25, 0.3) is 0 Å². The summed E-state index contributed by atoms with van der Waals surface area (Å²) >= 11 is 11.9. The fraction of sp³-hybridized carbons (Fsp3) is 0.455. The first kappa shape index (κ1) is 11.2. The normalized spacial score (nSPS) is 27.2. The van der Waals surface area contributed by atoms with Crippen molar-refractivity contribution >= 4 is 23.2 Å². The molecule has 0 amide bonds. The molecule has 2 atom stereocenters. The lowest BCUT2D eigenvalue weighted by Crippen LogP contribution is -2.27. The first-order chi connectivity index (χ1) is 7.08. The minimum absolute atomic E-state index is 0.187. The van der Waals surface area contributed by atoms with Gasteiger partial charge in [0.25, 0.3) is 0 Å². The van der Waals surface area contributed by atoms with Gasteiger partial charge in [0.2, 0.25) is 0 Å². The van der Waals surface area contributed by atoms with Gasteiger partial charge in [-0.15, -0.1) is 0 Å². The summed E-state index contributed by atoms with van der Waals surface area (Å²) in [5.74, 6) is 0.366. The van der Waals surface area contributed by atoms with Gasteiger partial charge in [0.15, 0.2) is 0 Å². The highest BCUT2D eigenvalue weighted by Crippen LogP contribution is 2.30. The summed E-state index contributed by atoms with van der Waals surface area (Å²) in [5.41, 5.74) is 7.25. The molecule has 4 heteroatoms. The van der Waals surface area contributed by atoms with Gasteiger partial charge in [-0.05, 0) is 24.7 Å². The molecule has 82 valence electrons. The number of benzene rings is 1. The van der Waals surface area contributed by atoms with E-state index in [1.807, 2.05) is 18.2 Å². The average Bonchev–Trinajstić information content (AvgIpc) is 2.50. The smallest absolute Gasteiger partial charge is 0.0595 e. The second-order valence-electron chi connectivity index (χ2n) is 4.17. The second-order valence-corrected chi connectivity index (χ2v) is 4.98. The van der Waals surface area contributed by atoms with Crippen LogP contribution >= 0.6 is 23.2 Å². The third-order valence-electron chi connectivity index (χ3n) is 2.92. The molecule has 0 saturated carbocycles. The number of rotatable bonds is 1. The molecule has 1 saturated heterocycles. The molecule has 1 aliphatic rings. The van der Waals surface area contributed by atoms with Gasteiger partial charge >= 0.3 is 0 Å². The van der Waals surface area contributed by atoms with Crippen LogP contribution in [0.15, 0.2) is 18.2 Å². The summed E-state index contributed by atoms with van der Waals surface area (Å²) < 4.78 is 0. The molecule has 0 aromatic heterocycles. The largest absolute Gasteiger partial charge is 0.326 e. The van der Waals surface area contributed by atoms with E-state index in [1.54, 1.807) is 0 Å². The van der Waals surface area contributed by atoms with Crippen molar-refractivity contribution in [3.63, 3.8) is 0 Å². The molecule has 0 unspecified atom stereocenters. The zero-order chi connectivity index (χ0) is 11.0. The van der Waals surface area contributed by atoms with Crippen molar-refractivity contribution in [3.05, 3.63) is 33.8 Å². The van der Waals surface area contributed by atoms with Crippen molar-refractivity contribution in [3.8, 4) is 0 Å². The van der Waals surface area contributed by atoms with Gasteiger partial charge in [-0.25, -0.2) is 0 Å². The molecule has 1 aliphatic heterocycles. The molecule has 1 heterocycles. The van der Waals surface area contributed by atoms with Gasteiger partial charge in [-0.3, -0.25) is 0 Å². The van der Waals surface area contributed by atoms with Gasteiger partial charge < -0.3 is 10.6 Å². The Morgan fingerprint density at radius 2 is 2.00 bits per heavy atom. The molecule has 0 radical (unpaired) electrons. The van der Waals surface area contributed by atoms with E-state index in [0.29, 0.717) is 16.0 Å². The van der Waals surface area contributed by atoms with Crippen LogP contribution < -0.4 is 5.73 Å². The maximum absolute atomic E-state index is 6.07. The summed E-state index contributed by atoms with van der Waals surface area (Å²) in [6.45, 7) is 1.92. The van der Waals surface area contributed by atoms with Gasteiger partial charge in [0.1, 0.15) is 0 Å². The number of hydrogen-bond acceptors (Lipinski definition) is 2. The molecular formula is C11H14Cl2N2. The Morgan fingerprint density at radius 1 is 1.27 bits per heavy atom. The SMILES string of the molecule is CN1C[C@H](N)[C@H](c2ccc(Cl)c(Cl)c2)C1. The average molecular weight is 245 g/mol. The molecule has 2 nitrogen and oxygen atoms in total. The van der Waals surface area contributed by atoms with E-state index in [4.69, 9.17) is 28.9 Å². The van der Waals surface area contributed by atoms with Crippen molar-refractivity contribution in [2.24, 2.45) is 5.73 Å². The van der Waals surface area contributed by atoms with Gasteiger partial charge in [0, 0.05) is 25.0 Å². The Balaban J connectivity index is 2.26. The molecule has 1 fully saturated rings. The lowest BCUT2D eigenvalue weighted by molar-refractivity contribution is 0.407. The molecule has 0 aliphatic carbocycles. The van der Waals surface area contributed by atoms with E-state index in [0.717, 1.165) is 13.1 Å². The highest BCUT2D eigenvalue weighted by atomic mass is 35.5. The maximum Gasteiger partial charge on any atom is 0.0595 e. The fourth-order valence-corrected chi connectivity index (χ4v) is 2.43. The maximum atomic E-state index is 6.07. The number of nitrogens with zero attached hydrogens (tertiary/aromatic N) is 1. The minimum atomic E-state index is 0.187. The van der Waals surface area contributed by atoms with E-state index in [9.17, 15) is 0 Å². The number of nitrogens with two attached hydrogens (primary N) is 1. The minimum Gasteiger partial charge on any atom is -0.326 e. The Bertz CT molecular complexity index is 368. The summed E-state index contributed by atoms with van der Waals surface area (Å²) in [5, 5.41) is 1.20. The summed E-state index contributed by atoms with van der Waals surface area (Å²) in [7, 11) is 2.08. The molecule has 0 bridgehead atoms. The quantitative estimate of drug-likeness (QED) is 0.822. The van der Waals surface area contributed by atoms with Crippen molar-refractivity contribution in [2.45, 2.75) is 12.0 Å². The first-order valence-electron chi connectivity index (χ1n) is 4.97. The van der Waals surface area contributed by atoms with Crippen molar-refractivity contribution < 1.29 is 0 Å². The molecule has 2 rings (SSSR count). The van der Waals surface area contributed by atoms with Gasteiger partial charge in [-0.2, -0.15) is 0 Å². The van der Waals surface area contributed by atoms with Crippen molar-refractivity contribution in [2.75, 3.05) is 20.1 Å². The summed E-state index contributed by atoms with van der Waals surface area (Å²) in [6, 6.07) is 5.96. The zero-order valence-corrected chi connectivity index (χ0v) is 10.1. The molecule has 2 N–H and O–H groups in total. The Kier molecular flexibility index (Phi) is 3.21. The monoisotopic (exact) mass is 244 g/mol. The highest BCUT2D eigenvalue weighted by Gasteiger charge is 2.29. The van der Waals surface area contributed by atoms with Crippen LogP contribution in [0.2, 0.25) is 10.0 Å². The van der Waals surface area contributed by atoms with Crippen LogP contribution in [-0.4, -0.2) is 31.1 Å². The van der Waals surface area contributed by atoms with E-state index >= 15 is 0 Å². The van der Waals surface area contributed by atoms with Crippen LogP contribution in [0.3, 0.4) is 0 Å². The summed E-state index contributed by atoms with van der Waals surface area (Å²) in [6.07, 6.45) is 0. The number of likely N-dealkylation sites (N-methyl/N-ethyl adjacent to an activating group) is 1. The molecule has 15 heavy (non-hydrogen) atoms. The van der Waals surface area contributed by atoms with Crippen LogP contribution in [0.1, 0.15) is 11.5 Å². The van der Waals surface area contributed by atoms with Crippen LogP contribution in [-0.2, 0) is 0 Å². The number of likely N-dealkylation sites (tertiary alicyclic amines) is 1. The summed E-state index contributed by atoms with van der Waals surface area (Å²) in [4.78, 5) is 2.23. The predicted molar refractivity (Wildman–Crippen MR) is 64.7 cm³/mol. The third-order valence-corrected chi connectivity index (χ3v) is 3.66. The van der Waals surface area contributed by atoms with Crippen LogP contribution in [0, 0.1) is 0 Å². The van der Waals surface area contributed by atoms with Gasteiger partial charge in [-0.1, -0.05) is 29.3 Å².